The fraction of sp³-hybridized carbons (Fsp3) is 0.931. The van der Waals surface area contributed by atoms with Gasteiger partial charge in [0.2, 0.25) is 0 Å². The van der Waals surface area contributed by atoms with Gasteiger partial charge in [0.25, 0.3) is 0 Å². The van der Waals surface area contributed by atoms with E-state index in [-0.39, 0.29) is 12.5 Å². The Balaban J connectivity index is 1.33. The van der Waals surface area contributed by atoms with Crippen molar-refractivity contribution in [2.45, 2.75) is 116 Å². The first kappa shape index (κ1) is 26.1. The molecule has 0 spiro atoms. The summed E-state index contributed by atoms with van der Waals surface area (Å²) in [5.41, 5.74) is 0.899. The highest BCUT2D eigenvalue weighted by molar-refractivity contribution is 5.73. The van der Waals surface area contributed by atoms with Crippen molar-refractivity contribution in [3.8, 4) is 0 Å². The summed E-state index contributed by atoms with van der Waals surface area (Å²) in [4.78, 5) is 21.9. The summed E-state index contributed by atoms with van der Waals surface area (Å²) in [5, 5.41) is 22.8. The molecule has 1 unspecified atom stereocenters. The van der Waals surface area contributed by atoms with Gasteiger partial charge in [-0.2, -0.15) is 0 Å². The average molecular weight is 475 g/mol. The summed E-state index contributed by atoms with van der Waals surface area (Å²) in [6.07, 6.45) is 15.8. The number of carbonyl (C=O) groups is 1. The Morgan fingerprint density at radius 2 is 1.76 bits per heavy atom. The number of carbonyl (C=O) groups excluding carboxylic acids is 1. The molecule has 193 valence electrons. The van der Waals surface area contributed by atoms with Crippen LogP contribution < -0.4 is 5.32 Å². The van der Waals surface area contributed by atoms with Crippen LogP contribution in [0.2, 0.25) is 0 Å². The molecule has 4 aliphatic carbocycles. The van der Waals surface area contributed by atoms with Crippen LogP contribution in [0.25, 0.3) is 0 Å². The first-order valence-corrected chi connectivity index (χ1v) is 14.2. The highest BCUT2D eigenvalue weighted by atomic mass is 16.4. The minimum absolute atomic E-state index is 0.0659. The van der Waals surface area contributed by atoms with Gasteiger partial charge in [0.15, 0.2) is 6.29 Å². The number of carboxylic acid groups (broad SMARTS) is 1. The van der Waals surface area contributed by atoms with Gasteiger partial charge in [-0.1, -0.05) is 20.8 Å². The Labute approximate surface area is 206 Å². The van der Waals surface area contributed by atoms with Crippen molar-refractivity contribution in [3.63, 3.8) is 0 Å². The highest BCUT2D eigenvalue weighted by Gasteiger charge is 2.60. The van der Waals surface area contributed by atoms with E-state index in [1.165, 1.54) is 44.9 Å². The van der Waals surface area contributed by atoms with Crippen molar-refractivity contribution >= 4 is 12.3 Å². The third-order valence-corrected chi connectivity index (χ3v) is 11.5. The lowest BCUT2D eigenvalue weighted by molar-refractivity contribution is -0.139. The zero-order valence-corrected chi connectivity index (χ0v) is 21.7. The van der Waals surface area contributed by atoms with Gasteiger partial charge < -0.3 is 15.5 Å². The summed E-state index contributed by atoms with van der Waals surface area (Å²) in [7, 11) is 0. The van der Waals surface area contributed by atoms with Crippen molar-refractivity contribution in [3.05, 3.63) is 0 Å². The molecule has 0 amide bonds. The molecular formula is C29H48NO4. The SMILES string of the molecule is C[C@H](CCCNC(CC[C]=O)C(=O)O)[C@H]1CC[C@H]2[C@@H]3CC[C@@H]4C[C@H](O)CC[C@]4(C)[C@H]3CC[C@]12C. The number of hydrogen-bond acceptors (Lipinski definition) is 4. The summed E-state index contributed by atoms with van der Waals surface area (Å²) in [6.45, 7) is 8.31. The molecule has 0 bridgehead atoms. The van der Waals surface area contributed by atoms with E-state index in [0.29, 0.717) is 29.7 Å². The van der Waals surface area contributed by atoms with E-state index in [0.717, 1.165) is 55.3 Å². The highest BCUT2D eigenvalue weighted by Crippen LogP contribution is 2.68. The van der Waals surface area contributed by atoms with Crippen LogP contribution in [0.3, 0.4) is 0 Å². The third kappa shape index (κ3) is 4.85. The first-order chi connectivity index (χ1) is 16.2. The smallest absolute Gasteiger partial charge is 0.320 e. The molecule has 0 aromatic heterocycles. The maximum atomic E-state index is 11.4. The molecule has 0 saturated heterocycles. The Morgan fingerprint density at radius 1 is 1.03 bits per heavy atom. The fourth-order valence-electron chi connectivity index (χ4n) is 9.63. The van der Waals surface area contributed by atoms with Gasteiger partial charge in [0.1, 0.15) is 6.04 Å². The molecule has 4 aliphatic rings. The summed E-state index contributed by atoms with van der Waals surface area (Å²) in [5.74, 6) is 3.88. The van der Waals surface area contributed by atoms with E-state index in [4.69, 9.17) is 0 Å². The molecule has 0 heterocycles. The molecule has 0 aromatic rings. The minimum Gasteiger partial charge on any atom is -0.480 e. The average Bonchev–Trinajstić information content (AvgIpc) is 3.16. The number of rotatable bonds is 10. The molecule has 4 fully saturated rings. The summed E-state index contributed by atoms with van der Waals surface area (Å²) in [6, 6.07) is -0.641. The zero-order chi connectivity index (χ0) is 24.5. The van der Waals surface area contributed by atoms with Crippen molar-refractivity contribution < 1.29 is 19.8 Å². The molecule has 4 rings (SSSR count). The minimum atomic E-state index is -0.873. The standard InChI is InChI=1S/C29H48NO4/c1-19(6-4-16-30-26(27(33)34)7-5-17-31)23-10-11-24-22-9-8-20-18-21(32)12-14-28(20,2)25(22)13-15-29(23,24)3/h19-26,30,32H,4-16,18H2,1-3H3,(H,33,34)/t19-,20-,21-,22+,23-,24+,25+,26?,28+,29-/m1/s1. The second kappa shape index (κ2) is 10.6. The Bertz CT molecular complexity index is 727. The van der Waals surface area contributed by atoms with Crippen LogP contribution >= 0.6 is 0 Å². The molecule has 4 saturated carbocycles. The van der Waals surface area contributed by atoms with Crippen molar-refractivity contribution in [2.24, 2.45) is 46.3 Å². The lowest BCUT2D eigenvalue weighted by Gasteiger charge is -2.61. The van der Waals surface area contributed by atoms with E-state index in [9.17, 15) is 19.8 Å². The number of aliphatic hydroxyl groups excluding tert-OH is 1. The molecular weight excluding hydrogens is 426 g/mol. The van der Waals surface area contributed by atoms with Gasteiger partial charge in [-0.25, -0.2) is 0 Å². The van der Waals surface area contributed by atoms with E-state index >= 15 is 0 Å². The number of hydrogen-bond donors (Lipinski definition) is 3. The van der Waals surface area contributed by atoms with Gasteiger partial charge in [-0.05, 0) is 130 Å². The van der Waals surface area contributed by atoms with E-state index in [2.05, 4.69) is 26.1 Å². The van der Waals surface area contributed by atoms with Crippen LogP contribution in [-0.4, -0.2) is 41.2 Å². The normalized spacial score (nSPS) is 43.3. The second-order valence-electron chi connectivity index (χ2n) is 13.0. The van der Waals surface area contributed by atoms with Gasteiger partial charge in [-0.15, -0.1) is 0 Å². The monoisotopic (exact) mass is 474 g/mol. The lowest BCUT2D eigenvalue weighted by Crippen LogP contribution is -2.54. The number of aliphatic carboxylic acids is 1. The van der Waals surface area contributed by atoms with Crippen LogP contribution in [-0.2, 0) is 9.59 Å². The van der Waals surface area contributed by atoms with E-state index < -0.39 is 12.0 Å². The summed E-state index contributed by atoms with van der Waals surface area (Å²) >= 11 is 0. The van der Waals surface area contributed by atoms with Crippen molar-refractivity contribution in [2.75, 3.05) is 6.54 Å². The predicted molar refractivity (Wildman–Crippen MR) is 134 cm³/mol. The van der Waals surface area contributed by atoms with Crippen LogP contribution in [0.4, 0.5) is 0 Å². The molecule has 0 aromatic carbocycles. The zero-order valence-electron chi connectivity index (χ0n) is 21.7. The van der Waals surface area contributed by atoms with Gasteiger partial charge in [0.05, 0.1) is 6.10 Å². The lowest BCUT2D eigenvalue weighted by atomic mass is 9.44. The van der Waals surface area contributed by atoms with E-state index in [1.54, 1.807) is 6.29 Å². The van der Waals surface area contributed by atoms with Crippen LogP contribution in [0.5, 0.6) is 0 Å². The maximum absolute atomic E-state index is 11.4. The Morgan fingerprint density at radius 3 is 2.50 bits per heavy atom. The number of carboxylic acids is 1. The molecule has 5 nitrogen and oxygen atoms in total. The van der Waals surface area contributed by atoms with Crippen LogP contribution in [0.15, 0.2) is 0 Å². The molecule has 5 heteroatoms. The quantitative estimate of drug-likeness (QED) is 0.371. The third-order valence-electron chi connectivity index (χ3n) is 11.5. The molecule has 3 N–H and O–H groups in total. The molecule has 10 atom stereocenters. The number of nitrogens with one attached hydrogen (secondary N) is 1. The maximum Gasteiger partial charge on any atom is 0.320 e. The van der Waals surface area contributed by atoms with Gasteiger partial charge >= 0.3 is 5.97 Å². The first-order valence-electron chi connectivity index (χ1n) is 14.2. The number of fused-ring (bicyclic) bond motifs is 5. The topological polar surface area (TPSA) is 86.6 Å². The largest absolute Gasteiger partial charge is 0.480 e. The summed E-state index contributed by atoms with van der Waals surface area (Å²) < 4.78 is 0. The Kier molecular flexibility index (Phi) is 8.13. The van der Waals surface area contributed by atoms with Crippen LogP contribution in [0.1, 0.15) is 104 Å². The van der Waals surface area contributed by atoms with Gasteiger partial charge in [-0.3, -0.25) is 9.59 Å². The van der Waals surface area contributed by atoms with Gasteiger partial charge in [0, 0.05) is 6.42 Å². The van der Waals surface area contributed by atoms with Crippen LogP contribution in [0, 0.1) is 46.3 Å². The predicted octanol–water partition coefficient (Wildman–Crippen LogP) is 5.36. The molecule has 1 radical (unpaired) electrons. The molecule has 34 heavy (non-hydrogen) atoms. The Hall–Kier alpha value is -0.940. The van der Waals surface area contributed by atoms with E-state index in [1.807, 2.05) is 0 Å². The molecule has 0 aliphatic heterocycles. The fourth-order valence-corrected chi connectivity index (χ4v) is 9.63. The van der Waals surface area contributed by atoms with Crippen molar-refractivity contribution in [1.82, 2.24) is 5.32 Å². The second-order valence-corrected chi connectivity index (χ2v) is 13.0. The van der Waals surface area contributed by atoms with Crippen molar-refractivity contribution in [1.29, 1.82) is 0 Å². The number of aliphatic hydroxyl groups is 1.